The van der Waals surface area contributed by atoms with Crippen molar-refractivity contribution in [1.29, 1.82) is 0 Å². The van der Waals surface area contributed by atoms with Crippen molar-refractivity contribution in [3.63, 3.8) is 0 Å². The lowest BCUT2D eigenvalue weighted by Gasteiger charge is -2.43. The topological polar surface area (TPSA) is 125 Å². The van der Waals surface area contributed by atoms with Crippen molar-refractivity contribution < 1.29 is 24.4 Å². The average Bonchev–Trinajstić information content (AvgIpc) is 3.68. The molecule has 2 N–H and O–H groups in total. The summed E-state index contributed by atoms with van der Waals surface area (Å²) in [7, 11) is 0. The number of nitro benzene ring substituents is 1. The van der Waals surface area contributed by atoms with E-state index in [4.69, 9.17) is 4.74 Å². The van der Waals surface area contributed by atoms with Crippen molar-refractivity contribution in [3.8, 4) is 5.75 Å². The van der Waals surface area contributed by atoms with Crippen molar-refractivity contribution in [2.75, 3.05) is 18.1 Å². The van der Waals surface area contributed by atoms with Crippen LogP contribution in [0.3, 0.4) is 0 Å². The maximum atomic E-state index is 14.2. The summed E-state index contributed by atoms with van der Waals surface area (Å²) in [6.07, 6.45) is 7.71. The van der Waals surface area contributed by atoms with Crippen LogP contribution in [0.4, 0.5) is 11.4 Å². The first kappa shape index (κ1) is 28.6. The standard InChI is InChI=1S/C31H38N4O6/c1-20(2)29-31(38)34(18-21-9-12-24(36)13-10-21)28(22-6-3-4-7-22)19-33(29)26-14-11-23(16-27(26)35(39)40)30(37)32-17-25-8-5-15-41-25/h9-14,16,19-20,22,25,29,36H,3-8,15,17-18H2,1-2H3,(H,32,37)/t25-,29-/m1/s1. The molecule has 10 nitrogen and oxygen atoms in total. The van der Waals surface area contributed by atoms with Gasteiger partial charge in [0.2, 0.25) is 5.91 Å². The summed E-state index contributed by atoms with van der Waals surface area (Å²) in [5.41, 5.74) is 2.00. The number of nitrogens with one attached hydrogen (secondary N) is 1. The molecule has 3 aliphatic rings. The van der Waals surface area contributed by atoms with Gasteiger partial charge in [0.15, 0.2) is 0 Å². The minimum atomic E-state index is -0.671. The molecule has 0 aromatic heterocycles. The van der Waals surface area contributed by atoms with Crippen LogP contribution in [0.2, 0.25) is 0 Å². The molecule has 2 aromatic carbocycles. The second-order valence-corrected chi connectivity index (χ2v) is 11.5. The number of allylic oxidation sites excluding steroid dienone is 1. The van der Waals surface area contributed by atoms with Crippen molar-refractivity contribution in [2.45, 2.75) is 71.1 Å². The summed E-state index contributed by atoms with van der Waals surface area (Å²) in [5, 5.41) is 24.9. The fourth-order valence-corrected chi connectivity index (χ4v) is 6.17. The Bertz CT molecular complexity index is 1310. The van der Waals surface area contributed by atoms with Crippen molar-refractivity contribution >= 4 is 23.2 Å². The average molecular weight is 563 g/mol. The molecule has 2 atom stereocenters. The van der Waals surface area contributed by atoms with Gasteiger partial charge < -0.3 is 25.0 Å². The molecule has 0 radical (unpaired) electrons. The number of anilines is 1. The van der Waals surface area contributed by atoms with Crippen LogP contribution in [0.25, 0.3) is 0 Å². The highest BCUT2D eigenvalue weighted by Gasteiger charge is 2.42. The third kappa shape index (κ3) is 6.22. The molecule has 1 saturated carbocycles. The number of amides is 2. The Morgan fingerprint density at radius 3 is 2.49 bits per heavy atom. The Kier molecular flexibility index (Phi) is 8.58. The number of aromatic hydroxyl groups is 1. The molecule has 41 heavy (non-hydrogen) atoms. The maximum absolute atomic E-state index is 14.2. The van der Waals surface area contributed by atoms with Crippen LogP contribution in [0, 0.1) is 22.0 Å². The molecule has 218 valence electrons. The van der Waals surface area contributed by atoms with E-state index in [1.54, 1.807) is 41.3 Å². The van der Waals surface area contributed by atoms with Gasteiger partial charge in [0.05, 0.1) is 17.6 Å². The Balaban J connectivity index is 1.51. The fraction of sp³-hybridized carbons (Fsp3) is 0.484. The predicted molar refractivity (Wildman–Crippen MR) is 154 cm³/mol. The van der Waals surface area contributed by atoms with E-state index in [1.165, 1.54) is 6.07 Å². The van der Waals surface area contributed by atoms with Crippen LogP contribution in [-0.4, -0.2) is 52.0 Å². The second kappa shape index (κ2) is 12.3. The summed E-state index contributed by atoms with van der Waals surface area (Å²) in [4.78, 5) is 42.5. The van der Waals surface area contributed by atoms with E-state index in [0.29, 0.717) is 19.7 Å². The van der Waals surface area contributed by atoms with Gasteiger partial charge in [-0.15, -0.1) is 0 Å². The summed E-state index contributed by atoms with van der Waals surface area (Å²) >= 11 is 0. The lowest BCUT2D eigenvalue weighted by molar-refractivity contribution is -0.384. The number of phenols is 1. The highest BCUT2D eigenvalue weighted by molar-refractivity contribution is 5.96. The first-order valence-electron chi connectivity index (χ1n) is 14.5. The molecule has 0 unspecified atom stereocenters. The molecule has 2 amide bonds. The zero-order chi connectivity index (χ0) is 29.1. The summed E-state index contributed by atoms with van der Waals surface area (Å²) < 4.78 is 5.56. The molecule has 2 fully saturated rings. The van der Waals surface area contributed by atoms with Crippen molar-refractivity contribution in [2.24, 2.45) is 11.8 Å². The highest BCUT2D eigenvalue weighted by Crippen LogP contribution is 2.41. The zero-order valence-corrected chi connectivity index (χ0v) is 23.6. The number of hydrogen-bond acceptors (Lipinski definition) is 7. The Morgan fingerprint density at radius 2 is 1.85 bits per heavy atom. The van der Waals surface area contributed by atoms with Crippen LogP contribution in [0.5, 0.6) is 5.75 Å². The van der Waals surface area contributed by atoms with Crippen LogP contribution in [0.1, 0.15) is 68.3 Å². The van der Waals surface area contributed by atoms with Gasteiger partial charge in [-0.05, 0) is 61.4 Å². The van der Waals surface area contributed by atoms with E-state index < -0.39 is 16.9 Å². The third-order valence-electron chi connectivity index (χ3n) is 8.31. The molecule has 10 heteroatoms. The Hall–Kier alpha value is -3.92. The van der Waals surface area contributed by atoms with Gasteiger partial charge in [0, 0.05) is 42.6 Å². The van der Waals surface area contributed by atoms with Gasteiger partial charge in [-0.25, -0.2) is 0 Å². The SMILES string of the molecule is CC(C)[C@@H]1C(=O)N(Cc2ccc(O)cc2)C(C2CCCC2)=CN1c1ccc(C(=O)NC[C@H]2CCCO2)cc1[N+](=O)[O-]. The molecule has 0 spiro atoms. The molecule has 2 heterocycles. The van der Waals surface area contributed by atoms with Gasteiger partial charge >= 0.3 is 0 Å². The molecular weight excluding hydrogens is 524 g/mol. The first-order chi connectivity index (χ1) is 19.7. The van der Waals surface area contributed by atoms with Crippen molar-refractivity contribution in [1.82, 2.24) is 10.2 Å². The van der Waals surface area contributed by atoms with E-state index in [0.717, 1.165) is 49.8 Å². The predicted octanol–water partition coefficient (Wildman–Crippen LogP) is 5.11. The van der Waals surface area contributed by atoms with E-state index in [1.807, 2.05) is 24.9 Å². The van der Waals surface area contributed by atoms with Crippen LogP contribution in [-0.2, 0) is 16.1 Å². The van der Waals surface area contributed by atoms with E-state index in [2.05, 4.69) is 5.32 Å². The maximum Gasteiger partial charge on any atom is 0.293 e. The molecular formula is C31H38N4O6. The number of benzene rings is 2. The van der Waals surface area contributed by atoms with E-state index in [9.17, 15) is 24.8 Å². The van der Waals surface area contributed by atoms with Gasteiger partial charge in [0.25, 0.3) is 11.6 Å². The minimum Gasteiger partial charge on any atom is -0.508 e. The number of carbonyl (C=O) groups excluding carboxylic acids is 2. The highest BCUT2D eigenvalue weighted by atomic mass is 16.6. The Morgan fingerprint density at radius 1 is 1.12 bits per heavy atom. The fourth-order valence-electron chi connectivity index (χ4n) is 6.17. The summed E-state index contributed by atoms with van der Waals surface area (Å²) in [5.74, 6) is -0.348. The number of rotatable bonds is 9. The summed E-state index contributed by atoms with van der Waals surface area (Å²) in [6, 6.07) is 10.6. The van der Waals surface area contributed by atoms with Crippen LogP contribution < -0.4 is 10.2 Å². The van der Waals surface area contributed by atoms with Crippen molar-refractivity contribution in [3.05, 3.63) is 75.6 Å². The van der Waals surface area contributed by atoms with Gasteiger partial charge in [-0.1, -0.05) is 38.8 Å². The number of phenolic OH excluding ortho intramolecular Hbond substituents is 1. The van der Waals surface area contributed by atoms with Crippen LogP contribution >= 0.6 is 0 Å². The lowest BCUT2D eigenvalue weighted by Crippen LogP contribution is -2.54. The molecule has 2 aromatic rings. The van der Waals surface area contributed by atoms with E-state index in [-0.39, 0.29) is 46.5 Å². The number of nitrogens with zero attached hydrogens (tertiary/aromatic N) is 3. The summed E-state index contributed by atoms with van der Waals surface area (Å²) in [6.45, 7) is 5.25. The normalized spacial score (nSPS) is 21.4. The smallest absolute Gasteiger partial charge is 0.293 e. The Labute approximate surface area is 240 Å². The quantitative estimate of drug-likeness (QED) is 0.321. The molecule has 2 aliphatic heterocycles. The molecule has 1 saturated heterocycles. The van der Waals surface area contributed by atoms with Gasteiger partial charge in [-0.2, -0.15) is 0 Å². The van der Waals surface area contributed by atoms with Gasteiger partial charge in [-0.3, -0.25) is 19.7 Å². The number of hydrogen-bond donors (Lipinski definition) is 2. The molecule has 1 aliphatic carbocycles. The molecule has 5 rings (SSSR count). The van der Waals surface area contributed by atoms with Gasteiger partial charge in [0.1, 0.15) is 17.5 Å². The number of nitro groups is 1. The zero-order valence-electron chi connectivity index (χ0n) is 23.6. The second-order valence-electron chi connectivity index (χ2n) is 11.5. The molecule has 0 bridgehead atoms. The van der Waals surface area contributed by atoms with Crippen LogP contribution in [0.15, 0.2) is 54.4 Å². The van der Waals surface area contributed by atoms with E-state index >= 15 is 0 Å². The number of carbonyl (C=O) groups is 2. The lowest BCUT2D eigenvalue weighted by atomic mass is 9.93. The monoisotopic (exact) mass is 562 g/mol. The minimum absolute atomic E-state index is 0.0389. The third-order valence-corrected chi connectivity index (χ3v) is 8.31. The number of ether oxygens (including phenoxy) is 1. The largest absolute Gasteiger partial charge is 0.508 e. The first-order valence-corrected chi connectivity index (χ1v) is 14.5.